The molecule has 2 aliphatic rings. The minimum atomic E-state index is -3.08. The first kappa shape index (κ1) is 21.2. The van der Waals surface area contributed by atoms with Crippen LogP contribution >= 0.6 is 23.4 Å². The van der Waals surface area contributed by atoms with Gasteiger partial charge in [-0.3, -0.25) is 4.79 Å². The van der Waals surface area contributed by atoms with Gasteiger partial charge in [-0.15, -0.1) is 0 Å². The van der Waals surface area contributed by atoms with Gasteiger partial charge in [-0.05, 0) is 36.8 Å². The molecule has 2 aliphatic heterocycles. The number of nitrogens with zero attached hydrogens (tertiary/aromatic N) is 2. The summed E-state index contributed by atoms with van der Waals surface area (Å²) in [5.41, 5.74) is 2.20. The van der Waals surface area contributed by atoms with E-state index in [0.717, 1.165) is 11.1 Å². The van der Waals surface area contributed by atoms with Crippen LogP contribution in [0.2, 0.25) is 5.02 Å². The number of aryl methyl sites for hydroxylation is 1. The van der Waals surface area contributed by atoms with Crippen LogP contribution in [0.25, 0.3) is 0 Å². The van der Waals surface area contributed by atoms with E-state index in [1.54, 1.807) is 24.3 Å². The van der Waals surface area contributed by atoms with Crippen LogP contribution < -0.4 is 4.74 Å². The van der Waals surface area contributed by atoms with Crippen LogP contribution in [0.5, 0.6) is 5.75 Å². The molecular formula is C21H21ClN2O4S2. The minimum absolute atomic E-state index is 0.0883. The molecule has 2 unspecified atom stereocenters. The third-order valence-corrected chi connectivity index (χ3v) is 8.54. The van der Waals surface area contributed by atoms with E-state index in [1.165, 1.54) is 11.8 Å². The molecule has 2 aromatic rings. The van der Waals surface area contributed by atoms with Gasteiger partial charge < -0.3 is 9.64 Å². The normalized spacial score (nSPS) is 23.5. The molecule has 1 amide bonds. The molecule has 9 heteroatoms. The summed E-state index contributed by atoms with van der Waals surface area (Å²) in [5, 5.41) is 1.04. The van der Waals surface area contributed by atoms with Crippen molar-refractivity contribution in [2.24, 2.45) is 4.99 Å². The molecule has 0 spiro atoms. The SMILES string of the molecule is Cc1ccc(CN2C(=NC(=O)COc3ccc(Cl)cc3)SC3CS(=O)(=O)CC32)cc1. The summed E-state index contributed by atoms with van der Waals surface area (Å²) in [6.45, 7) is 2.33. The highest BCUT2D eigenvalue weighted by atomic mass is 35.5. The van der Waals surface area contributed by atoms with Crippen LogP contribution in [0.3, 0.4) is 0 Å². The van der Waals surface area contributed by atoms with Gasteiger partial charge in [0, 0.05) is 16.8 Å². The van der Waals surface area contributed by atoms with Crippen LogP contribution in [0.4, 0.5) is 0 Å². The Kier molecular flexibility index (Phi) is 6.09. The predicted octanol–water partition coefficient (Wildman–Crippen LogP) is 3.32. The Morgan fingerprint density at radius 1 is 1.17 bits per heavy atom. The van der Waals surface area contributed by atoms with Gasteiger partial charge in [-0.25, -0.2) is 8.42 Å². The number of amidine groups is 1. The number of thioether (sulfide) groups is 1. The quantitative estimate of drug-likeness (QED) is 0.675. The maximum Gasteiger partial charge on any atom is 0.285 e. The fraction of sp³-hybridized carbons (Fsp3) is 0.333. The van der Waals surface area contributed by atoms with E-state index in [4.69, 9.17) is 16.3 Å². The standard InChI is InChI=1S/C21H21ClN2O4S2/c1-14-2-4-15(5-3-14)10-24-18-12-30(26,27)13-19(18)29-21(24)23-20(25)11-28-17-8-6-16(22)7-9-17/h2-9,18-19H,10-13H2,1H3. The van der Waals surface area contributed by atoms with Gasteiger partial charge >= 0.3 is 0 Å². The molecule has 0 saturated carbocycles. The van der Waals surface area contributed by atoms with E-state index in [2.05, 4.69) is 4.99 Å². The Labute approximate surface area is 185 Å². The molecule has 2 fully saturated rings. The highest BCUT2D eigenvalue weighted by Crippen LogP contribution is 2.39. The lowest BCUT2D eigenvalue weighted by molar-refractivity contribution is -0.119. The summed E-state index contributed by atoms with van der Waals surface area (Å²) < 4.78 is 29.7. The van der Waals surface area contributed by atoms with Crippen molar-refractivity contribution in [2.45, 2.75) is 24.8 Å². The molecule has 0 aromatic heterocycles. The van der Waals surface area contributed by atoms with Crippen LogP contribution in [0, 0.1) is 6.92 Å². The zero-order valence-corrected chi connectivity index (χ0v) is 18.7. The van der Waals surface area contributed by atoms with Gasteiger partial charge in [0.2, 0.25) is 0 Å². The number of halogens is 1. The smallest absolute Gasteiger partial charge is 0.285 e. The second kappa shape index (κ2) is 8.61. The van der Waals surface area contributed by atoms with Crippen molar-refractivity contribution in [3.05, 3.63) is 64.7 Å². The number of hydrogen-bond donors (Lipinski definition) is 0. The maximum atomic E-state index is 12.4. The lowest BCUT2D eigenvalue weighted by atomic mass is 10.1. The molecule has 0 radical (unpaired) electrons. The van der Waals surface area contributed by atoms with E-state index in [9.17, 15) is 13.2 Å². The van der Waals surface area contributed by atoms with E-state index in [-0.39, 0.29) is 29.4 Å². The van der Waals surface area contributed by atoms with Crippen molar-refractivity contribution in [2.75, 3.05) is 18.1 Å². The highest BCUT2D eigenvalue weighted by Gasteiger charge is 2.48. The lowest BCUT2D eigenvalue weighted by Crippen LogP contribution is -2.37. The van der Waals surface area contributed by atoms with Gasteiger partial charge in [0.1, 0.15) is 5.75 Å². The highest BCUT2D eigenvalue weighted by molar-refractivity contribution is 8.15. The number of rotatable bonds is 5. The van der Waals surface area contributed by atoms with E-state index in [0.29, 0.717) is 22.5 Å². The Morgan fingerprint density at radius 2 is 1.87 bits per heavy atom. The van der Waals surface area contributed by atoms with Crippen molar-refractivity contribution in [1.29, 1.82) is 0 Å². The number of carbonyl (C=O) groups is 1. The molecule has 0 N–H and O–H groups in total. The van der Waals surface area contributed by atoms with Crippen molar-refractivity contribution < 1.29 is 17.9 Å². The molecule has 2 saturated heterocycles. The number of hydrogen-bond acceptors (Lipinski definition) is 5. The van der Waals surface area contributed by atoms with Crippen molar-refractivity contribution in [3.63, 3.8) is 0 Å². The van der Waals surface area contributed by atoms with Crippen molar-refractivity contribution in [1.82, 2.24) is 4.90 Å². The number of aliphatic imine (C=N–C) groups is 1. The van der Waals surface area contributed by atoms with Crippen molar-refractivity contribution in [3.8, 4) is 5.75 Å². The third-order valence-electron chi connectivity index (χ3n) is 5.04. The Morgan fingerprint density at radius 3 is 2.57 bits per heavy atom. The first-order valence-electron chi connectivity index (χ1n) is 9.48. The number of fused-ring (bicyclic) bond motifs is 1. The first-order chi connectivity index (χ1) is 14.3. The van der Waals surface area contributed by atoms with Crippen molar-refractivity contribution >= 4 is 44.3 Å². The maximum absolute atomic E-state index is 12.4. The molecule has 2 heterocycles. The van der Waals surface area contributed by atoms with Crippen LogP contribution in [0.15, 0.2) is 53.5 Å². The Balaban J connectivity index is 1.50. The van der Waals surface area contributed by atoms with Gasteiger partial charge in [0.25, 0.3) is 5.91 Å². The zero-order chi connectivity index (χ0) is 21.3. The van der Waals surface area contributed by atoms with Crippen LogP contribution in [0.1, 0.15) is 11.1 Å². The van der Waals surface area contributed by atoms with E-state index in [1.807, 2.05) is 36.1 Å². The summed E-state index contributed by atoms with van der Waals surface area (Å²) in [5.74, 6) is 0.322. The lowest BCUT2D eigenvalue weighted by Gasteiger charge is -2.24. The van der Waals surface area contributed by atoms with E-state index < -0.39 is 15.7 Å². The topological polar surface area (TPSA) is 76.0 Å². The van der Waals surface area contributed by atoms with Gasteiger partial charge in [0.15, 0.2) is 21.6 Å². The summed E-state index contributed by atoms with van der Waals surface area (Å²) in [6, 6.07) is 14.6. The number of amides is 1. The minimum Gasteiger partial charge on any atom is -0.484 e. The molecule has 0 aliphatic carbocycles. The first-order valence-corrected chi connectivity index (χ1v) is 12.6. The monoisotopic (exact) mass is 464 g/mol. The summed E-state index contributed by atoms with van der Waals surface area (Å²) in [6.07, 6.45) is 0. The summed E-state index contributed by atoms with van der Waals surface area (Å²) in [7, 11) is -3.08. The number of ether oxygens (including phenoxy) is 1. The van der Waals surface area contributed by atoms with E-state index >= 15 is 0 Å². The molecule has 2 aromatic carbocycles. The average molecular weight is 465 g/mol. The van der Waals surface area contributed by atoms with Gasteiger partial charge in [-0.1, -0.05) is 53.2 Å². The molecule has 4 rings (SSSR count). The second-order valence-corrected chi connectivity index (χ2v) is 11.2. The molecule has 0 bridgehead atoms. The largest absolute Gasteiger partial charge is 0.484 e. The number of benzene rings is 2. The molecule has 2 atom stereocenters. The van der Waals surface area contributed by atoms with Crippen LogP contribution in [-0.4, -0.2) is 53.8 Å². The fourth-order valence-electron chi connectivity index (χ4n) is 3.53. The summed E-state index contributed by atoms with van der Waals surface area (Å²) in [4.78, 5) is 18.6. The number of carbonyl (C=O) groups excluding carboxylic acids is 1. The Hall–Kier alpha value is -2.03. The molecule has 30 heavy (non-hydrogen) atoms. The molecule has 6 nitrogen and oxygen atoms in total. The predicted molar refractivity (Wildman–Crippen MR) is 120 cm³/mol. The second-order valence-electron chi connectivity index (χ2n) is 7.44. The fourth-order valence-corrected chi connectivity index (χ4v) is 7.62. The zero-order valence-electron chi connectivity index (χ0n) is 16.3. The number of sulfone groups is 1. The Bertz CT molecular complexity index is 1070. The summed E-state index contributed by atoms with van der Waals surface area (Å²) >= 11 is 7.22. The molecule has 158 valence electrons. The average Bonchev–Trinajstić information content (AvgIpc) is 3.15. The van der Waals surface area contributed by atoms with Gasteiger partial charge in [-0.2, -0.15) is 4.99 Å². The molecular weight excluding hydrogens is 444 g/mol. The van der Waals surface area contributed by atoms with Gasteiger partial charge in [0.05, 0.1) is 17.5 Å². The third kappa shape index (κ3) is 4.99. The van der Waals surface area contributed by atoms with Crippen LogP contribution in [-0.2, 0) is 21.2 Å².